The van der Waals surface area contributed by atoms with Gasteiger partial charge in [-0.05, 0) is 58.0 Å². The molecule has 8 nitrogen and oxygen atoms in total. The molecule has 1 amide bonds. The summed E-state index contributed by atoms with van der Waals surface area (Å²) in [5.74, 6) is -1.86. The first-order valence-electron chi connectivity index (χ1n) is 12.7. The first-order chi connectivity index (χ1) is 18.4. The van der Waals surface area contributed by atoms with Crippen LogP contribution in [0.3, 0.4) is 0 Å². The second-order valence-electron chi connectivity index (χ2n) is 11.6. The number of halogens is 3. The van der Waals surface area contributed by atoms with Crippen molar-refractivity contribution in [1.29, 1.82) is 0 Å². The van der Waals surface area contributed by atoms with Crippen molar-refractivity contribution in [3.63, 3.8) is 0 Å². The molecule has 0 aliphatic carbocycles. The first-order valence-corrected chi connectivity index (χ1v) is 18.0. The summed E-state index contributed by atoms with van der Waals surface area (Å²) in [6, 6.07) is 4.90. The molecule has 1 unspecified atom stereocenters. The summed E-state index contributed by atoms with van der Waals surface area (Å²) in [6.45, 7) is 11.6. The Kier molecular flexibility index (Phi) is 12.1. The predicted octanol–water partition coefficient (Wildman–Crippen LogP) is 6.81. The molecule has 1 aliphatic heterocycles. The molecular formula is C27H37BrF2N2O6SSi. The molecule has 0 saturated carbocycles. The van der Waals surface area contributed by atoms with E-state index in [1.54, 1.807) is 20.8 Å². The van der Waals surface area contributed by atoms with E-state index in [2.05, 4.69) is 40.6 Å². The highest BCUT2D eigenvalue weighted by atomic mass is 79.9. The summed E-state index contributed by atoms with van der Waals surface area (Å²) >= 11 is 4.24. The lowest BCUT2D eigenvalue weighted by Crippen LogP contribution is -2.44. The number of rotatable bonds is 11. The second kappa shape index (κ2) is 14.2. The third-order valence-corrected chi connectivity index (χ3v) is 8.54. The smallest absolute Gasteiger partial charge is 0.418 e. The van der Waals surface area contributed by atoms with Gasteiger partial charge in [-0.2, -0.15) is 0 Å². The molecule has 13 heteroatoms. The van der Waals surface area contributed by atoms with Crippen LogP contribution in [0.5, 0.6) is 0 Å². The van der Waals surface area contributed by atoms with Gasteiger partial charge in [0.1, 0.15) is 49.2 Å². The SMILES string of the molecule is CC(=O)CC(=O)OCC1=CC(CF)(c2cc(Br)ccc2F)N=C(N(COCC[Si](C)(C)C)C(=O)OC(C)(C)C)S1. The highest BCUT2D eigenvalue weighted by Gasteiger charge is 2.40. The van der Waals surface area contributed by atoms with Gasteiger partial charge in [0.2, 0.25) is 0 Å². The van der Waals surface area contributed by atoms with Gasteiger partial charge in [-0.15, -0.1) is 0 Å². The van der Waals surface area contributed by atoms with Crippen molar-refractivity contribution >= 4 is 58.8 Å². The largest absolute Gasteiger partial charge is 0.460 e. The van der Waals surface area contributed by atoms with Gasteiger partial charge in [0, 0.05) is 29.6 Å². The number of ketones is 1. The van der Waals surface area contributed by atoms with E-state index in [4.69, 9.17) is 14.2 Å². The number of hydrogen-bond acceptors (Lipinski definition) is 8. The van der Waals surface area contributed by atoms with Gasteiger partial charge in [-0.3, -0.25) is 9.59 Å². The molecule has 0 radical (unpaired) electrons. The average Bonchev–Trinajstić information content (AvgIpc) is 2.81. The summed E-state index contributed by atoms with van der Waals surface area (Å²) in [4.78, 5) is 42.7. The first kappa shape index (κ1) is 34.1. The third kappa shape index (κ3) is 10.7. The molecule has 1 aliphatic rings. The predicted molar refractivity (Wildman–Crippen MR) is 158 cm³/mol. The fraction of sp³-hybridized carbons (Fsp3) is 0.556. The van der Waals surface area contributed by atoms with Crippen molar-refractivity contribution in [2.24, 2.45) is 4.99 Å². The van der Waals surface area contributed by atoms with Crippen LogP contribution in [0.4, 0.5) is 13.6 Å². The number of hydrogen-bond donors (Lipinski definition) is 0. The molecule has 0 fully saturated rings. The second-order valence-corrected chi connectivity index (χ2v) is 19.2. The van der Waals surface area contributed by atoms with Gasteiger partial charge in [0.05, 0.1) is 0 Å². The fourth-order valence-electron chi connectivity index (χ4n) is 3.38. The lowest BCUT2D eigenvalue weighted by atomic mass is 9.90. The standard InChI is InChI=1S/C27H37BrF2N2O6SSi/c1-18(33)12-23(34)37-15-20-14-27(16-29,21-13-19(28)8-9-22(21)30)31-24(39-20)32(25(35)38-26(2,3)4)17-36-10-11-40(5,6)7/h8-9,13-14H,10-12,15-17H2,1-7H3. The van der Waals surface area contributed by atoms with Gasteiger partial charge in [0.15, 0.2) is 5.17 Å². The van der Waals surface area contributed by atoms with E-state index in [0.29, 0.717) is 11.1 Å². The number of ether oxygens (including phenoxy) is 3. The maximum absolute atomic E-state index is 15.1. The summed E-state index contributed by atoms with van der Waals surface area (Å²) < 4.78 is 47.2. The minimum Gasteiger partial charge on any atom is -0.460 e. The van der Waals surface area contributed by atoms with Crippen LogP contribution in [0, 0.1) is 5.82 Å². The van der Waals surface area contributed by atoms with Crippen LogP contribution in [-0.2, 0) is 29.3 Å². The highest BCUT2D eigenvalue weighted by Crippen LogP contribution is 2.41. The van der Waals surface area contributed by atoms with E-state index in [1.165, 1.54) is 31.2 Å². The quantitative estimate of drug-likeness (QED) is 0.0844. The summed E-state index contributed by atoms with van der Waals surface area (Å²) in [6.07, 6.45) is 0.151. The number of aliphatic imine (C=N–C) groups is 1. The molecule has 1 atom stereocenters. The maximum Gasteiger partial charge on any atom is 0.418 e. The summed E-state index contributed by atoms with van der Waals surface area (Å²) in [5.41, 5.74) is -2.82. The number of amidine groups is 1. The molecule has 222 valence electrons. The topological polar surface area (TPSA) is 94.5 Å². The van der Waals surface area contributed by atoms with Crippen LogP contribution in [0.15, 0.2) is 38.6 Å². The Balaban J connectivity index is 2.56. The Morgan fingerprint density at radius 1 is 1.20 bits per heavy atom. The molecule has 0 aromatic heterocycles. The van der Waals surface area contributed by atoms with Crippen molar-refractivity contribution in [3.05, 3.63) is 45.0 Å². The zero-order valence-corrected chi connectivity index (χ0v) is 27.3. The molecular weight excluding hydrogens is 626 g/mol. The van der Waals surface area contributed by atoms with Crippen LogP contribution >= 0.6 is 27.7 Å². The zero-order valence-electron chi connectivity index (χ0n) is 23.9. The lowest BCUT2D eigenvalue weighted by molar-refractivity contribution is -0.144. The third-order valence-electron chi connectivity index (χ3n) is 5.35. The van der Waals surface area contributed by atoms with Gasteiger partial charge in [-0.1, -0.05) is 47.3 Å². The molecule has 0 spiro atoms. The fourth-order valence-corrected chi connectivity index (χ4v) is 5.55. The highest BCUT2D eigenvalue weighted by molar-refractivity contribution is 9.10. The number of nitrogens with zero attached hydrogens (tertiary/aromatic N) is 2. The Bertz CT molecular complexity index is 1170. The average molecular weight is 664 g/mol. The van der Waals surface area contributed by atoms with Gasteiger partial charge >= 0.3 is 12.1 Å². The number of esters is 1. The minimum absolute atomic E-state index is 0.0144. The summed E-state index contributed by atoms with van der Waals surface area (Å²) in [7, 11) is -1.44. The van der Waals surface area contributed by atoms with Crippen LogP contribution in [-0.4, -0.2) is 68.2 Å². The van der Waals surface area contributed by atoms with E-state index in [1.807, 2.05) is 0 Å². The number of alkyl halides is 1. The maximum atomic E-state index is 15.1. The Morgan fingerprint density at radius 3 is 2.45 bits per heavy atom. The van der Waals surface area contributed by atoms with Crippen LogP contribution in [0.1, 0.15) is 39.7 Å². The molecule has 2 rings (SSSR count). The molecule has 1 aromatic carbocycles. The molecule has 0 N–H and O–H groups in total. The number of thioether (sulfide) groups is 1. The Hall–Kier alpha value is -2.09. The van der Waals surface area contributed by atoms with Crippen LogP contribution < -0.4 is 0 Å². The van der Waals surface area contributed by atoms with Crippen molar-refractivity contribution in [3.8, 4) is 0 Å². The van der Waals surface area contributed by atoms with E-state index in [9.17, 15) is 18.8 Å². The van der Waals surface area contributed by atoms with Crippen molar-refractivity contribution in [1.82, 2.24) is 4.90 Å². The van der Waals surface area contributed by atoms with Crippen molar-refractivity contribution < 1.29 is 37.4 Å². The van der Waals surface area contributed by atoms with Crippen molar-refractivity contribution in [2.75, 3.05) is 26.6 Å². The van der Waals surface area contributed by atoms with Crippen LogP contribution in [0.2, 0.25) is 25.7 Å². The molecule has 0 bridgehead atoms. The van der Waals surface area contributed by atoms with Gasteiger partial charge < -0.3 is 14.2 Å². The van der Waals surface area contributed by atoms with E-state index in [-0.39, 0.29) is 34.8 Å². The van der Waals surface area contributed by atoms with E-state index in [0.717, 1.165) is 22.7 Å². The normalized spacial score (nSPS) is 17.6. The number of benzene rings is 1. The molecule has 1 aromatic rings. The van der Waals surface area contributed by atoms with Gasteiger partial charge in [-0.25, -0.2) is 23.5 Å². The number of carbonyl (C=O) groups is 3. The molecule has 40 heavy (non-hydrogen) atoms. The minimum atomic E-state index is -1.88. The summed E-state index contributed by atoms with van der Waals surface area (Å²) in [5, 5.41) is -0.0144. The zero-order chi connectivity index (χ0) is 30.3. The van der Waals surface area contributed by atoms with Crippen LogP contribution in [0.25, 0.3) is 0 Å². The Morgan fingerprint density at radius 2 is 1.88 bits per heavy atom. The number of Topliss-reactive ketones (excluding diaryl/α,β-unsaturated/α-hetero) is 1. The van der Waals surface area contributed by atoms with Crippen molar-refractivity contribution in [2.45, 2.75) is 70.9 Å². The Labute approximate surface area is 248 Å². The van der Waals surface area contributed by atoms with E-state index >= 15 is 4.39 Å². The molecule has 0 saturated heterocycles. The lowest BCUT2D eigenvalue weighted by Gasteiger charge is -2.34. The number of amides is 1. The molecule has 1 heterocycles. The van der Waals surface area contributed by atoms with E-state index < -0.39 is 50.2 Å². The van der Waals surface area contributed by atoms with Gasteiger partial charge in [0.25, 0.3) is 0 Å². The number of carbonyl (C=O) groups excluding carboxylic acids is 3. The monoisotopic (exact) mass is 662 g/mol.